The number of hydrogen-bond acceptors (Lipinski definition) is 3. The molecule has 1 atom stereocenters. The quantitative estimate of drug-likeness (QED) is 0.509. The molecule has 2 N–H and O–H groups in total. The van der Waals surface area contributed by atoms with E-state index >= 15 is 0 Å². The third-order valence-corrected chi connectivity index (χ3v) is 3.78. The molecule has 0 aliphatic heterocycles. The molecular formula is C19H28N2O3. The first kappa shape index (κ1) is 19.7. The van der Waals surface area contributed by atoms with E-state index in [1.54, 1.807) is 30.3 Å². The smallest absolute Gasteiger partial charge is 0.313 e. The van der Waals surface area contributed by atoms with Crippen molar-refractivity contribution in [2.75, 3.05) is 18.5 Å². The second-order valence-corrected chi connectivity index (χ2v) is 5.70. The summed E-state index contributed by atoms with van der Waals surface area (Å²) in [5.74, 6) is -0.154. The van der Waals surface area contributed by atoms with E-state index in [0.717, 1.165) is 25.7 Å². The molecule has 0 aromatic heterocycles. The summed E-state index contributed by atoms with van der Waals surface area (Å²) in [6.45, 7) is 8.78. The van der Waals surface area contributed by atoms with Gasteiger partial charge in [0.1, 0.15) is 12.4 Å². The minimum atomic E-state index is -0.653. The Kier molecular flexibility index (Phi) is 9.27. The van der Waals surface area contributed by atoms with Gasteiger partial charge in [-0.05, 0) is 36.6 Å². The third kappa shape index (κ3) is 7.31. The van der Waals surface area contributed by atoms with Gasteiger partial charge in [-0.2, -0.15) is 0 Å². The van der Waals surface area contributed by atoms with Crippen molar-refractivity contribution in [3.05, 3.63) is 36.9 Å². The molecule has 132 valence electrons. The molecule has 0 saturated carbocycles. The van der Waals surface area contributed by atoms with E-state index in [1.165, 1.54) is 0 Å². The highest BCUT2D eigenvalue weighted by molar-refractivity contribution is 6.39. The molecule has 0 bridgehead atoms. The minimum absolute atomic E-state index is 0.419. The average Bonchev–Trinajstić information content (AvgIpc) is 2.61. The number of hydrogen-bond donors (Lipinski definition) is 2. The highest BCUT2D eigenvalue weighted by Gasteiger charge is 2.15. The van der Waals surface area contributed by atoms with E-state index in [2.05, 4.69) is 31.1 Å². The summed E-state index contributed by atoms with van der Waals surface area (Å²) in [6.07, 6.45) is 6.00. The normalized spacial score (nSPS) is 11.4. The number of rotatable bonds is 10. The van der Waals surface area contributed by atoms with Crippen molar-refractivity contribution in [2.45, 2.75) is 39.5 Å². The lowest BCUT2D eigenvalue weighted by Crippen LogP contribution is -2.38. The number of nitrogens with one attached hydrogen (secondary N) is 2. The van der Waals surface area contributed by atoms with Gasteiger partial charge in [0.05, 0.1) is 0 Å². The summed E-state index contributed by atoms with van der Waals surface area (Å²) in [5.41, 5.74) is 0.555. The molecule has 0 unspecified atom stereocenters. The molecule has 0 radical (unpaired) electrons. The maximum absolute atomic E-state index is 11.9. The van der Waals surface area contributed by atoms with Gasteiger partial charge in [-0.25, -0.2) is 0 Å². The van der Waals surface area contributed by atoms with Crippen LogP contribution in [0.25, 0.3) is 0 Å². The van der Waals surface area contributed by atoms with Crippen molar-refractivity contribution < 1.29 is 14.3 Å². The maximum atomic E-state index is 11.9. The molecule has 0 heterocycles. The summed E-state index contributed by atoms with van der Waals surface area (Å²) < 4.78 is 5.36. The highest BCUT2D eigenvalue weighted by Crippen LogP contribution is 2.15. The maximum Gasteiger partial charge on any atom is 0.313 e. The summed E-state index contributed by atoms with van der Waals surface area (Å²) in [7, 11) is 0. The number of unbranched alkanes of at least 4 members (excludes halogenated alkanes) is 1. The van der Waals surface area contributed by atoms with Gasteiger partial charge in [0.25, 0.3) is 0 Å². The summed E-state index contributed by atoms with van der Waals surface area (Å²) >= 11 is 0. The lowest BCUT2D eigenvalue weighted by atomic mass is 9.99. The van der Waals surface area contributed by atoms with Crippen LogP contribution in [0.5, 0.6) is 5.75 Å². The van der Waals surface area contributed by atoms with Gasteiger partial charge in [-0.1, -0.05) is 45.8 Å². The largest absolute Gasteiger partial charge is 0.490 e. The van der Waals surface area contributed by atoms with Crippen LogP contribution in [0.2, 0.25) is 0 Å². The Morgan fingerprint density at radius 3 is 2.50 bits per heavy atom. The number of ether oxygens (including phenoxy) is 1. The van der Waals surface area contributed by atoms with Crippen molar-refractivity contribution in [1.82, 2.24) is 5.32 Å². The monoisotopic (exact) mass is 332 g/mol. The second-order valence-electron chi connectivity index (χ2n) is 5.70. The average molecular weight is 332 g/mol. The summed E-state index contributed by atoms with van der Waals surface area (Å²) in [4.78, 5) is 23.8. The Hall–Kier alpha value is -2.30. The first-order valence-electron chi connectivity index (χ1n) is 8.53. The van der Waals surface area contributed by atoms with Crippen molar-refractivity contribution >= 4 is 17.5 Å². The van der Waals surface area contributed by atoms with Crippen LogP contribution >= 0.6 is 0 Å². The molecule has 0 aliphatic carbocycles. The molecule has 5 nitrogen and oxygen atoms in total. The van der Waals surface area contributed by atoms with Crippen molar-refractivity contribution in [1.29, 1.82) is 0 Å². The van der Waals surface area contributed by atoms with Crippen LogP contribution in [0, 0.1) is 5.92 Å². The van der Waals surface area contributed by atoms with E-state index < -0.39 is 11.8 Å². The van der Waals surface area contributed by atoms with Gasteiger partial charge in [-0.15, -0.1) is 0 Å². The zero-order valence-electron chi connectivity index (χ0n) is 14.6. The number of carbonyl (C=O) groups excluding carboxylic acids is 2. The number of carbonyl (C=O) groups is 2. The van der Waals surface area contributed by atoms with Gasteiger partial charge in [0.15, 0.2) is 0 Å². The van der Waals surface area contributed by atoms with Gasteiger partial charge in [0.2, 0.25) is 0 Å². The van der Waals surface area contributed by atoms with E-state index in [0.29, 0.717) is 30.5 Å². The fourth-order valence-corrected chi connectivity index (χ4v) is 2.24. The zero-order valence-corrected chi connectivity index (χ0v) is 14.6. The molecule has 1 aromatic carbocycles. The van der Waals surface area contributed by atoms with Crippen LogP contribution in [0.3, 0.4) is 0 Å². The SMILES string of the molecule is C=CCOc1ccc(NC(=O)C(=O)NC[C@H](CC)CCCC)cc1. The first-order valence-corrected chi connectivity index (χ1v) is 8.53. The molecule has 0 fully saturated rings. The number of benzene rings is 1. The Bertz CT molecular complexity index is 526. The van der Waals surface area contributed by atoms with Crippen molar-refractivity contribution in [2.24, 2.45) is 5.92 Å². The molecular weight excluding hydrogens is 304 g/mol. The Morgan fingerprint density at radius 1 is 1.21 bits per heavy atom. The van der Waals surface area contributed by atoms with Crippen molar-refractivity contribution in [3.63, 3.8) is 0 Å². The summed E-state index contributed by atoms with van der Waals surface area (Å²) in [5, 5.41) is 5.30. The van der Waals surface area contributed by atoms with E-state index in [1.807, 2.05) is 0 Å². The summed E-state index contributed by atoms with van der Waals surface area (Å²) in [6, 6.07) is 6.85. The van der Waals surface area contributed by atoms with Gasteiger partial charge < -0.3 is 15.4 Å². The molecule has 1 rings (SSSR count). The predicted molar refractivity (Wildman–Crippen MR) is 97.1 cm³/mol. The zero-order chi connectivity index (χ0) is 17.8. The lowest BCUT2D eigenvalue weighted by Gasteiger charge is -2.15. The van der Waals surface area contributed by atoms with Crippen LogP contribution in [-0.4, -0.2) is 25.0 Å². The molecule has 0 spiro atoms. The molecule has 2 amide bonds. The standard InChI is InChI=1S/C19H28N2O3/c1-4-7-8-15(6-3)14-20-18(22)19(23)21-16-9-11-17(12-10-16)24-13-5-2/h5,9-12,15H,2,4,6-8,13-14H2,1,3H3,(H,20,22)(H,21,23)/t15-/m1/s1. The van der Waals surface area contributed by atoms with E-state index in [-0.39, 0.29) is 0 Å². The minimum Gasteiger partial charge on any atom is -0.490 e. The molecule has 5 heteroatoms. The third-order valence-electron chi connectivity index (χ3n) is 3.78. The van der Waals surface area contributed by atoms with E-state index in [9.17, 15) is 9.59 Å². The van der Waals surface area contributed by atoms with Crippen LogP contribution in [0.15, 0.2) is 36.9 Å². The number of anilines is 1. The Balaban J connectivity index is 2.42. The fraction of sp³-hybridized carbons (Fsp3) is 0.474. The van der Waals surface area contributed by atoms with E-state index in [4.69, 9.17) is 4.74 Å². The Labute approximate surface area is 144 Å². The topological polar surface area (TPSA) is 67.4 Å². The van der Waals surface area contributed by atoms with Gasteiger partial charge in [-0.3, -0.25) is 9.59 Å². The fourth-order valence-electron chi connectivity index (χ4n) is 2.24. The van der Waals surface area contributed by atoms with Crippen molar-refractivity contribution in [3.8, 4) is 5.75 Å². The van der Waals surface area contributed by atoms with Crippen LogP contribution in [0.1, 0.15) is 39.5 Å². The van der Waals surface area contributed by atoms with Gasteiger partial charge >= 0.3 is 11.8 Å². The van der Waals surface area contributed by atoms with Gasteiger partial charge in [0, 0.05) is 12.2 Å². The van der Waals surface area contributed by atoms with Crippen LogP contribution < -0.4 is 15.4 Å². The molecule has 1 aromatic rings. The lowest BCUT2D eigenvalue weighted by molar-refractivity contribution is -0.136. The first-order chi connectivity index (χ1) is 11.6. The number of amides is 2. The Morgan fingerprint density at radius 2 is 1.92 bits per heavy atom. The second kappa shape index (κ2) is 11.3. The highest BCUT2D eigenvalue weighted by atomic mass is 16.5. The van der Waals surface area contributed by atoms with Crippen LogP contribution in [-0.2, 0) is 9.59 Å². The van der Waals surface area contributed by atoms with Crippen LogP contribution in [0.4, 0.5) is 5.69 Å². The molecule has 24 heavy (non-hydrogen) atoms. The predicted octanol–water partition coefficient (Wildman–Crippen LogP) is 3.52. The molecule has 0 aliphatic rings. The molecule has 0 saturated heterocycles.